The maximum Gasteiger partial charge on any atom is 0.0363 e. The third-order valence-corrected chi connectivity index (χ3v) is 5.04. The van der Waals surface area contributed by atoms with Crippen LogP contribution in [0.5, 0.6) is 0 Å². The first-order valence-corrected chi connectivity index (χ1v) is 6.90. The molecule has 2 fully saturated rings. The lowest BCUT2D eigenvalue weighted by atomic mass is 9.67. The van der Waals surface area contributed by atoms with Crippen LogP contribution in [0.4, 0.5) is 0 Å². The van der Waals surface area contributed by atoms with Crippen LogP contribution < -0.4 is 5.73 Å². The van der Waals surface area contributed by atoms with Crippen molar-refractivity contribution in [1.82, 2.24) is 4.90 Å². The smallest absolute Gasteiger partial charge is 0.0363 e. The molecule has 2 heteroatoms. The van der Waals surface area contributed by atoms with Crippen molar-refractivity contribution in [1.29, 1.82) is 0 Å². The predicted molar refractivity (Wildman–Crippen MR) is 69.4 cm³/mol. The van der Waals surface area contributed by atoms with Gasteiger partial charge in [0.1, 0.15) is 0 Å². The molecule has 1 spiro atoms. The van der Waals surface area contributed by atoms with Crippen molar-refractivity contribution in [3.8, 4) is 0 Å². The molecule has 2 N–H and O–H groups in total. The fraction of sp³-hybridized carbons (Fsp3) is 1.00. The van der Waals surface area contributed by atoms with Gasteiger partial charge in [0.25, 0.3) is 0 Å². The third kappa shape index (κ3) is 1.91. The first kappa shape index (κ1) is 12.4. The Balaban J connectivity index is 2.16. The van der Waals surface area contributed by atoms with Crippen molar-refractivity contribution in [2.24, 2.45) is 11.1 Å². The summed E-state index contributed by atoms with van der Waals surface area (Å²) < 4.78 is 0. The third-order valence-electron chi connectivity index (χ3n) is 5.04. The molecule has 0 radical (unpaired) electrons. The quantitative estimate of drug-likeness (QED) is 0.742. The van der Waals surface area contributed by atoms with Crippen molar-refractivity contribution in [2.75, 3.05) is 6.54 Å². The average molecular weight is 224 g/mol. The maximum atomic E-state index is 6.42. The Morgan fingerprint density at radius 3 is 2.19 bits per heavy atom. The van der Waals surface area contributed by atoms with E-state index in [1.807, 2.05) is 0 Å². The summed E-state index contributed by atoms with van der Waals surface area (Å²) in [5.41, 5.74) is 7.29. The van der Waals surface area contributed by atoms with E-state index in [-0.39, 0.29) is 0 Å². The second kappa shape index (κ2) is 3.99. The molecule has 0 aromatic heterocycles. The molecular formula is C14H28N2. The summed E-state index contributed by atoms with van der Waals surface area (Å²) >= 11 is 0. The van der Waals surface area contributed by atoms with Crippen LogP contribution in [0.1, 0.15) is 59.8 Å². The largest absolute Gasteiger partial charge is 0.326 e. The van der Waals surface area contributed by atoms with Gasteiger partial charge >= 0.3 is 0 Å². The van der Waals surface area contributed by atoms with Crippen LogP contribution in [0, 0.1) is 5.41 Å². The van der Waals surface area contributed by atoms with Gasteiger partial charge in [-0.2, -0.15) is 0 Å². The molecule has 0 amide bonds. The van der Waals surface area contributed by atoms with Crippen LogP contribution in [0.3, 0.4) is 0 Å². The summed E-state index contributed by atoms with van der Waals surface area (Å²) in [6.07, 6.45) is 6.48. The van der Waals surface area contributed by atoms with Crippen LogP contribution in [0.15, 0.2) is 0 Å². The number of hydrogen-bond acceptors (Lipinski definition) is 2. The monoisotopic (exact) mass is 224 g/mol. The lowest BCUT2D eigenvalue weighted by Crippen LogP contribution is -2.58. The topological polar surface area (TPSA) is 29.3 Å². The zero-order valence-corrected chi connectivity index (χ0v) is 11.4. The van der Waals surface area contributed by atoms with Crippen LogP contribution in [-0.2, 0) is 0 Å². The maximum absolute atomic E-state index is 6.42. The van der Waals surface area contributed by atoms with Crippen LogP contribution in [0.25, 0.3) is 0 Å². The molecule has 2 rings (SSSR count). The van der Waals surface area contributed by atoms with Crippen molar-refractivity contribution in [3.63, 3.8) is 0 Å². The number of rotatable bonds is 1. The van der Waals surface area contributed by atoms with Crippen LogP contribution >= 0.6 is 0 Å². The highest BCUT2D eigenvalue weighted by molar-refractivity contribution is 5.08. The van der Waals surface area contributed by atoms with Gasteiger partial charge in [-0.3, -0.25) is 4.90 Å². The average Bonchev–Trinajstić information content (AvgIpc) is 2.50. The van der Waals surface area contributed by atoms with Crippen molar-refractivity contribution < 1.29 is 0 Å². The van der Waals surface area contributed by atoms with E-state index in [1.54, 1.807) is 0 Å². The lowest BCUT2D eigenvalue weighted by Gasteiger charge is -2.50. The number of nitrogens with zero attached hydrogens (tertiary/aromatic N) is 1. The Kier molecular flexibility index (Phi) is 3.09. The molecule has 2 nitrogen and oxygen atoms in total. The van der Waals surface area contributed by atoms with Gasteiger partial charge in [-0.05, 0) is 51.4 Å². The molecule has 94 valence electrons. The van der Waals surface area contributed by atoms with E-state index < -0.39 is 0 Å². The van der Waals surface area contributed by atoms with Gasteiger partial charge in [0, 0.05) is 24.2 Å². The normalized spacial score (nSPS) is 33.8. The van der Waals surface area contributed by atoms with E-state index in [0.29, 0.717) is 23.0 Å². The summed E-state index contributed by atoms with van der Waals surface area (Å²) in [7, 11) is 0. The highest BCUT2D eigenvalue weighted by Crippen LogP contribution is 2.47. The van der Waals surface area contributed by atoms with E-state index in [4.69, 9.17) is 5.73 Å². The number of likely N-dealkylation sites (tertiary alicyclic amines) is 1. The SMILES string of the molecule is CC(C)N1CCC(N)C12CCC(C)(C)CC2. The molecule has 1 aliphatic heterocycles. The Labute approximate surface area is 101 Å². The Hall–Kier alpha value is -0.0800. The highest BCUT2D eigenvalue weighted by atomic mass is 15.3. The van der Waals surface area contributed by atoms with Gasteiger partial charge in [0.2, 0.25) is 0 Å². The number of hydrogen-bond donors (Lipinski definition) is 1. The van der Waals surface area contributed by atoms with E-state index >= 15 is 0 Å². The van der Waals surface area contributed by atoms with Gasteiger partial charge in [-0.15, -0.1) is 0 Å². The molecule has 0 aromatic rings. The summed E-state index contributed by atoms with van der Waals surface area (Å²) in [5.74, 6) is 0. The molecule has 1 heterocycles. The Bertz CT molecular complexity index is 247. The first-order chi connectivity index (χ1) is 7.37. The first-order valence-electron chi connectivity index (χ1n) is 6.90. The molecule has 1 unspecified atom stereocenters. The van der Waals surface area contributed by atoms with Gasteiger partial charge in [-0.1, -0.05) is 13.8 Å². The molecule has 1 saturated carbocycles. The summed E-state index contributed by atoms with van der Waals surface area (Å²) in [4.78, 5) is 2.69. The fourth-order valence-electron chi connectivity index (χ4n) is 3.77. The van der Waals surface area contributed by atoms with Gasteiger partial charge < -0.3 is 5.73 Å². The molecule has 0 aromatic carbocycles. The molecule has 0 bridgehead atoms. The van der Waals surface area contributed by atoms with E-state index in [1.165, 1.54) is 38.6 Å². The van der Waals surface area contributed by atoms with E-state index in [2.05, 4.69) is 32.6 Å². The van der Waals surface area contributed by atoms with E-state index in [9.17, 15) is 0 Å². The Morgan fingerprint density at radius 1 is 1.12 bits per heavy atom. The van der Waals surface area contributed by atoms with Gasteiger partial charge in [-0.25, -0.2) is 0 Å². The lowest BCUT2D eigenvalue weighted by molar-refractivity contribution is 0.0208. The van der Waals surface area contributed by atoms with E-state index in [0.717, 1.165) is 0 Å². The summed E-state index contributed by atoms with van der Waals surface area (Å²) in [6.45, 7) is 10.7. The number of nitrogens with two attached hydrogens (primary N) is 1. The van der Waals surface area contributed by atoms with Crippen molar-refractivity contribution in [3.05, 3.63) is 0 Å². The highest BCUT2D eigenvalue weighted by Gasteiger charge is 2.50. The molecule has 2 aliphatic rings. The minimum atomic E-state index is 0.337. The van der Waals surface area contributed by atoms with Crippen molar-refractivity contribution >= 4 is 0 Å². The van der Waals surface area contributed by atoms with Crippen molar-refractivity contribution in [2.45, 2.75) is 77.4 Å². The molecular weight excluding hydrogens is 196 g/mol. The summed E-state index contributed by atoms with van der Waals surface area (Å²) in [6, 6.07) is 1.06. The minimum absolute atomic E-state index is 0.337. The molecule has 1 aliphatic carbocycles. The predicted octanol–water partition coefficient (Wildman–Crippen LogP) is 2.77. The minimum Gasteiger partial charge on any atom is -0.326 e. The van der Waals surface area contributed by atoms with Gasteiger partial charge in [0.05, 0.1) is 0 Å². The van der Waals surface area contributed by atoms with Crippen LogP contribution in [-0.4, -0.2) is 29.1 Å². The summed E-state index contributed by atoms with van der Waals surface area (Å²) in [5, 5.41) is 0. The molecule has 1 saturated heterocycles. The van der Waals surface area contributed by atoms with Crippen LogP contribution in [0.2, 0.25) is 0 Å². The molecule has 16 heavy (non-hydrogen) atoms. The zero-order valence-electron chi connectivity index (χ0n) is 11.4. The molecule has 1 atom stereocenters. The Morgan fingerprint density at radius 2 is 1.69 bits per heavy atom. The fourth-order valence-corrected chi connectivity index (χ4v) is 3.77. The standard InChI is InChI=1S/C14H28N2/c1-11(2)16-10-5-12(15)14(16)8-6-13(3,4)7-9-14/h11-12H,5-10,15H2,1-4H3. The van der Waals surface area contributed by atoms with Gasteiger partial charge in [0.15, 0.2) is 0 Å². The zero-order chi connectivity index (χ0) is 12.0. The second-order valence-corrected chi connectivity index (χ2v) is 6.95. The second-order valence-electron chi connectivity index (χ2n) is 6.95.